The van der Waals surface area contributed by atoms with Crippen molar-refractivity contribution in [3.8, 4) is 11.9 Å². The first-order valence-corrected chi connectivity index (χ1v) is 4.76. The molecule has 1 heterocycles. The Morgan fingerprint density at radius 2 is 2.31 bits per heavy atom. The van der Waals surface area contributed by atoms with Crippen LogP contribution in [0.25, 0.3) is 0 Å². The fourth-order valence-electron chi connectivity index (χ4n) is 1.27. The molecule has 1 aromatic rings. The number of aromatic nitrogens is 1. The first kappa shape index (κ1) is 12.0. The van der Waals surface area contributed by atoms with Gasteiger partial charge in [-0.15, -0.1) is 0 Å². The minimum absolute atomic E-state index is 0.103. The topological polar surface area (TPSA) is 72.2 Å². The normalized spacial score (nSPS) is 9.38. The van der Waals surface area contributed by atoms with Gasteiger partial charge in [-0.1, -0.05) is 0 Å². The van der Waals surface area contributed by atoms with Crippen LogP contribution in [0.5, 0.6) is 5.88 Å². The highest BCUT2D eigenvalue weighted by atomic mass is 16.5. The van der Waals surface area contributed by atoms with Gasteiger partial charge >= 0.3 is 5.97 Å². The maximum Gasteiger partial charge on any atom is 0.339 e. The van der Waals surface area contributed by atoms with Gasteiger partial charge in [-0.05, 0) is 19.9 Å². The van der Waals surface area contributed by atoms with Crippen LogP contribution >= 0.6 is 0 Å². The molecule has 0 fully saturated rings. The third kappa shape index (κ3) is 2.28. The summed E-state index contributed by atoms with van der Waals surface area (Å²) in [7, 11) is 1.40. The molecule has 0 atom stereocenters. The number of methoxy groups -OCH3 is 1. The average molecular weight is 220 g/mol. The van der Waals surface area contributed by atoms with Crippen LogP contribution in [0.2, 0.25) is 0 Å². The molecule has 5 heteroatoms. The number of hydrogen-bond donors (Lipinski definition) is 0. The molecule has 0 bridgehead atoms. The number of carbonyl (C=O) groups is 1. The van der Waals surface area contributed by atoms with E-state index in [0.717, 1.165) is 0 Å². The molecule has 0 N–H and O–H groups in total. The Kier molecular flexibility index (Phi) is 3.84. The Morgan fingerprint density at radius 3 is 2.81 bits per heavy atom. The zero-order valence-electron chi connectivity index (χ0n) is 9.40. The van der Waals surface area contributed by atoms with E-state index in [1.165, 1.54) is 13.2 Å². The van der Waals surface area contributed by atoms with Crippen molar-refractivity contribution >= 4 is 5.97 Å². The molecule has 84 valence electrons. The van der Waals surface area contributed by atoms with Crippen molar-refractivity contribution in [3.63, 3.8) is 0 Å². The summed E-state index contributed by atoms with van der Waals surface area (Å²) in [6.07, 6.45) is 0. The van der Waals surface area contributed by atoms with Gasteiger partial charge in [0.1, 0.15) is 11.6 Å². The summed E-state index contributed by atoms with van der Waals surface area (Å²) in [6, 6.07) is 3.41. The van der Waals surface area contributed by atoms with Crippen molar-refractivity contribution in [2.45, 2.75) is 13.8 Å². The first-order chi connectivity index (χ1) is 7.63. The number of nitrogens with zero attached hydrogens (tertiary/aromatic N) is 2. The van der Waals surface area contributed by atoms with Gasteiger partial charge in [0.2, 0.25) is 5.88 Å². The SMILES string of the molecule is CCOC(=O)c1cc(C)nc(OC)c1C#N. The summed E-state index contributed by atoms with van der Waals surface area (Å²) in [5.41, 5.74) is 0.888. The fourth-order valence-corrected chi connectivity index (χ4v) is 1.27. The predicted octanol–water partition coefficient (Wildman–Crippen LogP) is 1.45. The van der Waals surface area contributed by atoms with Gasteiger partial charge in [-0.25, -0.2) is 9.78 Å². The quantitative estimate of drug-likeness (QED) is 0.721. The average Bonchev–Trinajstić information content (AvgIpc) is 2.28. The van der Waals surface area contributed by atoms with Crippen LogP contribution in [0.1, 0.15) is 28.5 Å². The lowest BCUT2D eigenvalue weighted by Gasteiger charge is -2.08. The number of pyridine rings is 1. The van der Waals surface area contributed by atoms with Crippen molar-refractivity contribution < 1.29 is 14.3 Å². The first-order valence-electron chi connectivity index (χ1n) is 4.76. The van der Waals surface area contributed by atoms with Gasteiger partial charge in [0.25, 0.3) is 0 Å². The lowest BCUT2D eigenvalue weighted by molar-refractivity contribution is 0.0525. The molecule has 0 aliphatic carbocycles. The molecular weight excluding hydrogens is 208 g/mol. The molecule has 0 radical (unpaired) electrons. The van der Waals surface area contributed by atoms with Crippen LogP contribution in [0, 0.1) is 18.3 Å². The number of ether oxygens (including phenoxy) is 2. The molecule has 0 aromatic carbocycles. The van der Waals surface area contributed by atoms with Crippen molar-refractivity contribution in [3.05, 3.63) is 22.9 Å². The summed E-state index contributed by atoms with van der Waals surface area (Å²) in [5, 5.41) is 8.96. The molecule has 1 rings (SSSR count). The minimum Gasteiger partial charge on any atom is -0.480 e. The van der Waals surface area contributed by atoms with Crippen LogP contribution in [-0.4, -0.2) is 24.7 Å². The van der Waals surface area contributed by atoms with Crippen LogP contribution in [0.4, 0.5) is 0 Å². The summed E-state index contributed by atoms with van der Waals surface area (Å²) in [5.74, 6) is -0.395. The van der Waals surface area contributed by atoms with E-state index in [0.29, 0.717) is 5.69 Å². The Morgan fingerprint density at radius 1 is 1.62 bits per heavy atom. The molecule has 0 aliphatic rings. The molecule has 0 amide bonds. The maximum absolute atomic E-state index is 11.6. The van der Waals surface area contributed by atoms with E-state index in [4.69, 9.17) is 14.7 Å². The van der Waals surface area contributed by atoms with Gasteiger partial charge in [0.15, 0.2) is 0 Å². The highest BCUT2D eigenvalue weighted by Crippen LogP contribution is 2.20. The zero-order valence-corrected chi connectivity index (χ0v) is 9.40. The second kappa shape index (κ2) is 5.12. The second-order valence-corrected chi connectivity index (χ2v) is 3.03. The van der Waals surface area contributed by atoms with Crippen LogP contribution in [0.3, 0.4) is 0 Å². The van der Waals surface area contributed by atoms with Gasteiger partial charge in [0.05, 0.1) is 19.3 Å². The van der Waals surface area contributed by atoms with Gasteiger partial charge in [-0.2, -0.15) is 5.26 Å². The summed E-state index contributed by atoms with van der Waals surface area (Å²) in [4.78, 5) is 15.6. The van der Waals surface area contributed by atoms with E-state index < -0.39 is 5.97 Å². The molecule has 0 saturated carbocycles. The molecular formula is C11H12N2O3. The van der Waals surface area contributed by atoms with Gasteiger partial charge in [0, 0.05) is 5.69 Å². The number of esters is 1. The van der Waals surface area contributed by atoms with E-state index in [1.807, 2.05) is 6.07 Å². The maximum atomic E-state index is 11.6. The Balaban J connectivity index is 3.32. The second-order valence-electron chi connectivity index (χ2n) is 3.03. The molecule has 0 unspecified atom stereocenters. The smallest absolute Gasteiger partial charge is 0.339 e. The van der Waals surface area contributed by atoms with E-state index in [1.54, 1.807) is 13.8 Å². The Labute approximate surface area is 93.6 Å². The van der Waals surface area contributed by atoms with Crippen molar-refractivity contribution in [1.29, 1.82) is 5.26 Å². The van der Waals surface area contributed by atoms with Crippen molar-refractivity contribution in [1.82, 2.24) is 4.98 Å². The third-order valence-corrected chi connectivity index (χ3v) is 1.91. The van der Waals surface area contributed by atoms with Crippen molar-refractivity contribution in [2.75, 3.05) is 13.7 Å². The number of rotatable bonds is 3. The number of hydrogen-bond acceptors (Lipinski definition) is 5. The Bertz CT molecular complexity index is 449. The summed E-state index contributed by atoms with van der Waals surface area (Å²) in [6.45, 7) is 3.68. The highest BCUT2D eigenvalue weighted by Gasteiger charge is 2.18. The predicted molar refractivity (Wildman–Crippen MR) is 56.2 cm³/mol. The number of aryl methyl sites for hydroxylation is 1. The monoisotopic (exact) mass is 220 g/mol. The van der Waals surface area contributed by atoms with E-state index in [9.17, 15) is 4.79 Å². The number of carbonyl (C=O) groups excluding carboxylic acids is 1. The summed E-state index contributed by atoms with van der Waals surface area (Å²) >= 11 is 0. The Hall–Kier alpha value is -2.09. The molecule has 0 aliphatic heterocycles. The van der Waals surface area contributed by atoms with Gasteiger partial charge in [-0.3, -0.25) is 0 Å². The molecule has 0 spiro atoms. The van der Waals surface area contributed by atoms with E-state index >= 15 is 0 Å². The highest BCUT2D eigenvalue weighted by molar-refractivity contribution is 5.93. The third-order valence-electron chi connectivity index (χ3n) is 1.91. The molecule has 16 heavy (non-hydrogen) atoms. The van der Waals surface area contributed by atoms with E-state index in [-0.39, 0.29) is 23.6 Å². The standard InChI is InChI=1S/C11H12N2O3/c1-4-16-11(14)8-5-7(2)13-10(15-3)9(8)6-12/h5H,4H2,1-3H3. The minimum atomic E-state index is -0.539. The fraction of sp³-hybridized carbons (Fsp3) is 0.364. The van der Waals surface area contributed by atoms with Crippen LogP contribution < -0.4 is 4.74 Å². The van der Waals surface area contributed by atoms with E-state index in [2.05, 4.69) is 4.98 Å². The lowest BCUT2D eigenvalue weighted by Crippen LogP contribution is -2.09. The van der Waals surface area contributed by atoms with Crippen LogP contribution in [0.15, 0.2) is 6.07 Å². The summed E-state index contributed by atoms with van der Waals surface area (Å²) < 4.78 is 9.80. The lowest BCUT2D eigenvalue weighted by atomic mass is 10.1. The largest absolute Gasteiger partial charge is 0.480 e. The molecule has 5 nitrogen and oxygen atoms in total. The molecule has 1 aromatic heterocycles. The zero-order chi connectivity index (χ0) is 12.1. The van der Waals surface area contributed by atoms with Crippen molar-refractivity contribution in [2.24, 2.45) is 0 Å². The molecule has 0 saturated heterocycles. The van der Waals surface area contributed by atoms with Gasteiger partial charge < -0.3 is 9.47 Å². The number of nitriles is 1. The van der Waals surface area contributed by atoms with Crippen LogP contribution in [-0.2, 0) is 4.74 Å².